The summed E-state index contributed by atoms with van der Waals surface area (Å²) < 4.78 is 25.3. The Morgan fingerprint density at radius 2 is 1.58 bits per heavy atom. The number of anilines is 2. The Kier molecular flexibility index (Phi) is 18.7. The predicted octanol–water partition coefficient (Wildman–Crippen LogP) is 7.67. The number of carboxylic acid groups (broad SMARTS) is 1. The minimum absolute atomic E-state index is 0.00954. The molecule has 7 amide bonds. The first-order valence-corrected chi connectivity index (χ1v) is 30.2. The van der Waals surface area contributed by atoms with Crippen LogP contribution in [0.25, 0.3) is 0 Å². The number of hydrogen-bond donors (Lipinski definition) is 4. The Morgan fingerprint density at radius 3 is 2.28 bits per heavy atom. The summed E-state index contributed by atoms with van der Waals surface area (Å²) in [7, 11) is 1.46. The highest BCUT2D eigenvalue weighted by Gasteiger charge is 2.49. The van der Waals surface area contributed by atoms with E-state index in [1.165, 1.54) is 33.9 Å². The van der Waals surface area contributed by atoms with Gasteiger partial charge in [0.05, 0.1) is 31.2 Å². The molecular weight excluding hydrogens is 1100 g/mol. The minimum Gasteiger partial charge on any atom is -0.465 e. The maximum Gasteiger partial charge on any atom is 0.410 e. The molecule has 0 spiro atoms. The van der Waals surface area contributed by atoms with Crippen molar-refractivity contribution in [2.75, 3.05) is 69.7 Å². The Morgan fingerprint density at radius 1 is 0.860 bits per heavy atom. The zero-order valence-corrected chi connectivity index (χ0v) is 51.7. The van der Waals surface area contributed by atoms with Gasteiger partial charge in [0.1, 0.15) is 29.5 Å². The Labute approximate surface area is 504 Å². The van der Waals surface area contributed by atoms with Gasteiger partial charge in [-0.1, -0.05) is 75.4 Å². The molecule has 9 rings (SSSR count). The number of piperazine rings is 1. The number of nitrogens with one attached hydrogen (secondary N) is 3. The van der Waals surface area contributed by atoms with E-state index in [2.05, 4.69) is 38.7 Å². The smallest absolute Gasteiger partial charge is 0.410 e. The van der Waals surface area contributed by atoms with Gasteiger partial charge >= 0.3 is 12.2 Å². The lowest BCUT2D eigenvalue weighted by Gasteiger charge is -2.47. The Balaban J connectivity index is 1.00. The fourth-order valence-electron chi connectivity index (χ4n) is 12.7. The molecule has 462 valence electrons. The SMILES string of the molecule is CC(C(=O)NC(C(=O)N1Cc2cc(NC(=O)C3(C)CN(C(=O)CN4C[C@@H](C)N(C(=O)O)C[C@@H]4CN4CCOC[C@H]4C)c4cc(Cc5ccc(F)cc5)ccc43)ccc2C[C@H]1C(=O)N[C@@H]1CCCc2ccccc21)C(C)(C)C)N(C)C(=O)OC(C)(C)C. The molecular formula is C66H86FN9O10. The van der Waals surface area contributed by atoms with E-state index in [-0.39, 0.29) is 74.4 Å². The number of morpholine rings is 1. The van der Waals surface area contributed by atoms with E-state index in [0.29, 0.717) is 61.8 Å². The summed E-state index contributed by atoms with van der Waals surface area (Å²) in [6, 6.07) is 21.4. The van der Waals surface area contributed by atoms with Crippen molar-refractivity contribution in [3.05, 3.63) is 130 Å². The van der Waals surface area contributed by atoms with Gasteiger partial charge in [-0.3, -0.25) is 38.7 Å². The summed E-state index contributed by atoms with van der Waals surface area (Å²) in [6.45, 7) is 20.7. The number of carbonyl (C=O) groups excluding carboxylic acids is 6. The number of benzene rings is 4. The number of hydrogen-bond acceptors (Lipinski definition) is 11. The van der Waals surface area contributed by atoms with Crippen molar-refractivity contribution in [3.8, 4) is 0 Å². The zero-order chi connectivity index (χ0) is 62.2. The van der Waals surface area contributed by atoms with E-state index < -0.39 is 64.5 Å². The lowest BCUT2D eigenvalue weighted by atomic mass is 9.82. The van der Waals surface area contributed by atoms with Crippen molar-refractivity contribution in [2.45, 2.75) is 161 Å². The summed E-state index contributed by atoms with van der Waals surface area (Å²) in [4.78, 5) is 110. The van der Waals surface area contributed by atoms with Crippen LogP contribution in [0.3, 0.4) is 0 Å². The monoisotopic (exact) mass is 1180 g/mol. The molecule has 20 heteroatoms. The summed E-state index contributed by atoms with van der Waals surface area (Å²) in [5, 5.41) is 19.6. The van der Waals surface area contributed by atoms with E-state index >= 15 is 14.4 Å². The highest BCUT2D eigenvalue weighted by atomic mass is 19.1. The van der Waals surface area contributed by atoms with Gasteiger partial charge < -0.3 is 45.2 Å². The molecule has 86 heavy (non-hydrogen) atoms. The van der Waals surface area contributed by atoms with Crippen LogP contribution in [0.5, 0.6) is 0 Å². The van der Waals surface area contributed by atoms with Crippen molar-refractivity contribution >= 4 is 53.1 Å². The zero-order valence-electron chi connectivity index (χ0n) is 51.7. The molecule has 0 radical (unpaired) electrons. The maximum atomic E-state index is 15.4. The van der Waals surface area contributed by atoms with Crippen LogP contribution in [-0.4, -0.2) is 173 Å². The van der Waals surface area contributed by atoms with Gasteiger partial charge in [-0.25, -0.2) is 14.0 Å². The second-order valence-electron chi connectivity index (χ2n) is 26.6. The quantitative estimate of drug-likeness (QED) is 0.0958. The number of fused-ring (bicyclic) bond motifs is 3. The van der Waals surface area contributed by atoms with Crippen molar-refractivity contribution in [2.24, 2.45) is 5.41 Å². The van der Waals surface area contributed by atoms with Crippen molar-refractivity contribution < 1.29 is 52.5 Å². The summed E-state index contributed by atoms with van der Waals surface area (Å²) in [6.07, 6.45) is 1.34. The fourth-order valence-corrected chi connectivity index (χ4v) is 12.7. The second-order valence-corrected chi connectivity index (χ2v) is 26.6. The van der Waals surface area contributed by atoms with Gasteiger partial charge in [0.25, 0.3) is 0 Å². The molecule has 4 N–H and O–H groups in total. The molecule has 5 aliphatic rings. The van der Waals surface area contributed by atoms with Crippen LogP contribution in [0.2, 0.25) is 0 Å². The van der Waals surface area contributed by atoms with Crippen LogP contribution in [0.15, 0.2) is 84.9 Å². The molecule has 4 aromatic carbocycles. The van der Waals surface area contributed by atoms with Gasteiger partial charge in [-0.15, -0.1) is 0 Å². The third-order valence-corrected chi connectivity index (χ3v) is 17.9. The average molecular weight is 1180 g/mol. The lowest BCUT2D eigenvalue weighted by molar-refractivity contribution is -0.147. The predicted molar refractivity (Wildman–Crippen MR) is 325 cm³/mol. The molecule has 0 bridgehead atoms. The molecule has 1 aliphatic carbocycles. The molecule has 4 aliphatic heterocycles. The van der Waals surface area contributed by atoms with Gasteiger partial charge in [0, 0.05) is 82.2 Å². The molecule has 4 aromatic rings. The normalized spacial score (nSPS) is 23.2. The molecule has 0 aromatic heterocycles. The minimum atomic E-state index is -1.29. The first-order chi connectivity index (χ1) is 40.6. The van der Waals surface area contributed by atoms with Gasteiger partial charge in [0.2, 0.25) is 29.5 Å². The van der Waals surface area contributed by atoms with Gasteiger partial charge in [-0.05, 0) is 149 Å². The van der Waals surface area contributed by atoms with Crippen LogP contribution in [0.4, 0.5) is 25.4 Å². The molecule has 2 fully saturated rings. The Hall–Kier alpha value is -7.42. The van der Waals surface area contributed by atoms with Crippen molar-refractivity contribution in [1.29, 1.82) is 0 Å². The summed E-state index contributed by atoms with van der Waals surface area (Å²) in [5.74, 6) is -2.43. The number of halogens is 1. The first-order valence-electron chi connectivity index (χ1n) is 30.2. The number of amides is 7. The van der Waals surface area contributed by atoms with Crippen molar-refractivity contribution in [1.82, 2.24) is 35.1 Å². The molecule has 2 saturated heterocycles. The van der Waals surface area contributed by atoms with E-state index in [4.69, 9.17) is 9.47 Å². The summed E-state index contributed by atoms with van der Waals surface area (Å²) >= 11 is 0. The first kappa shape index (κ1) is 63.1. The van der Waals surface area contributed by atoms with Crippen LogP contribution in [-0.2, 0) is 64.7 Å². The standard InChI is InChI=1S/C66H86FN9O10/c1-40-33-73(50(36-74(40)62(82)83)35-72-27-28-85-38-41(72)2)37-56(77)76-39-66(10,52-26-21-44(30-54(52)76)29-43-19-23-48(67)24-20-43)61(81)68-49-25-22-46-32-55(59(79)69-53-18-14-16-45-15-12-13-17-51(45)53)75(34-47(46)31-49)60(80)57(64(4,5)6)70-58(78)42(3)71(11)63(84)86-65(7,8)9/h12-13,15,17,19-26,30-31,40-42,50,53,55,57H,14,16,18,27-29,32-39H2,1-11H3,(H,68,81)(H,69,79)(H,70,78)(H,82,83)/t40-,41-,42?,50+,53-,55+,57?,66?/m1/s1. The number of nitrogens with zero attached hydrogens (tertiary/aromatic N) is 6. The van der Waals surface area contributed by atoms with E-state index in [0.717, 1.165) is 47.1 Å². The second kappa shape index (κ2) is 25.5. The molecule has 8 atom stereocenters. The third kappa shape index (κ3) is 14.0. The maximum absolute atomic E-state index is 15.4. The average Bonchev–Trinajstić information content (AvgIpc) is 2.27. The number of aryl methyl sites for hydroxylation is 1. The number of likely N-dealkylation sites (N-methyl/N-ethyl adjacent to an activating group) is 1. The molecule has 4 heterocycles. The number of ether oxygens (including phenoxy) is 2. The van der Waals surface area contributed by atoms with Crippen molar-refractivity contribution in [3.63, 3.8) is 0 Å². The molecule has 19 nitrogen and oxygen atoms in total. The van der Waals surface area contributed by atoms with Crippen LogP contribution >= 0.6 is 0 Å². The third-order valence-electron chi connectivity index (χ3n) is 17.9. The largest absolute Gasteiger partial charge is 0.465 e. The fraction of sp³-hybridized carbons (Fsp3) is 0.530. The molecule has 3 unspecified atom stereocenters. The number of carbonyl (C=O) groups is 7. The van der Waals surface area contributed by atoms with Gasteiger partial charge in [0.15, 0.2) is 0 Å². The van der Waals surface area contributed by atoms with Crippen LogP contribution < -0.4 is 20.9 Å². The lowest BCUT2D eigenvalue weighted by Crippen LogP contribution is -2.64. The van der Waals surface area contributed by atoms with Crippen LogP contribution in [0.1, 0.15) is 127 Å². The van der Waals surface area contributed by atoms with E-state index in [9.17, 15) is 28.7 Å². The Bertz CT molecular complexity index is 3220. The highest BCUT2D eigenvalue weighted by Crippen LogP contribution is 2.43. The van der Waals surface area contributed by atoms with E-state index in [1.807, 2.05) is 83.1 Å². The number of rotatable bonds is 14. The highest BCUT2D eigenvalue weighted by molar-refractivity contribution is 6.07. The summed E-state index contributed by atoms with van der Waals surface area (Å²) in [5.41, 5.74) is 4.01. The van der Waals surface area contributed by atoms with Crippen LogP contribution in [0, 0.1) is 11.2 Å². The van der Waals surface area contributed by atoms with Gasteiger partial charge in [-0.2, -0.15) is 0 Å². The van der Waals surface area contributed by atoms with E-state index in [1.54, 1.807) is 50.8 Å². The topological polar surface area (TPSA) is 214 Å². The molecule has 0 saturated carbocycles.